The first-order chi connectivity index (χ1) is 16.5. The van der Waals surface area contributed by atoms with Gasteiger partial charge in [0.15, 0.2) is 13.1 Å². The van der Waals surface area contributed by atoms with Crippen molar-refractivity contribution in [2.45, 2.75) is 70.7 Å². The van der Waals surface area contributed by atoms with Crippen molar-refractivity contribution >= 4 is 11.6 Å². The molecule has 4 fully saturated rings. The lowest BCUT2D eigenvalue weighted by Gasteiger charge is -2.57. The molecule has 1 atom stereocenters. The molecule has 4 aliphatic carbocycles. The lowest BCUT2D eigenvalue weighted by atomic mass is 9.48. The third-order valence-electron chi connectivity index (χ3n) is 8.44. The lowest BCUT2D eigenvalue weighted by Crippen LogP contribution is -2.48. The first kappa shape index (κ1) is 23.6. The molecule has 1 unspecified atom stereocenters. The molecule has 6 rings (SSSR count). The number of allylic oxidation sites excluding steroid dienone is 1. The fourth-order valence-corrected chi connectivity index (χ4v) is 7.07. The van der Waals surface area contributed by atoms with E-state index in [-0.39, 0.29) is 25.1 Å². The highest BCUT2D eigenvalue weighted by Gasteiger charge is 2.52. The van der Waals surface area contributed by atoms with Gasteiger partial charge in [-0.25, -0.2) is 0 Å². The third kappa shape index (κ3) is 4.82. The van der Waals surface area contributed by atoms with Crippen LogP contribution in [-0.2, 0) is 21.5 Å². The highest BCUT2D eigenvalue weighted by Crippen LogP contribution is 2.62. The van der Waals surface area contributed by atoms with Crippen LogP contribution in [0.1, 0.15) is 74.6 Å². The van der Waals surface area contributed by atoms with Gasteiger partial charge in [0.25, 0.3) is 0 Å². The highest BCUT2D eigenvalue weighted by atomic mass is 16.7. The van der Waals surface area contributed by atoms with Gasteiger partial charge in [-0.1, -0.05) is 36.4 Å². The molecule has 0 aliphatic heterocycles. The van der Waals surface area contributed by atoms with Crippen LogP contribution in [-0.4, -0.2) is 25.3 Å². The van der Waals surface area contributed by atoms with E-state index in [1.54, 1.807) is 7.11 Å². The molecule has 0 aromatic heterocycles. The van der Waals surface area contributed by atoms with E-state index in [2.05, 4.69) is 43.3 Å². The van der Waals surface area contributed by atoms with Gasteiger partial charge in [0.2, 0.25) is 0 Å². The summed E-state index contributed by atoms with van der Waals surface area (Å²) < 4.78 is 17.1. The summed E-state index contributed by atoms with van der Waals surface area (Å²) in [5.74, 6) is 3.58. The van der Waals surface area contributed by atoms with Gasteiger partial charge < -0.3 is 19.3 Å². The largest absolute Gasteiger partial charge is 0.467 e. The van der Waals surface area contributed by atoms with Crippen molar-refractivity contribution in [3.05, 3.63) is 64.7 Å². The summed E-state index contributed by atoms with van der Waals surface area (Å²) in [6, 6.07) is 14.8. The Morgan fingerprint density at radius 3 is 2.26 bits per heavy atom. The molecule has 0 spiro atoms. The summed E-state index contributed by atoms with van der Waals surface area (Å²) in [6.07, 6.45) is 10.1. The molecule has 4 heteroatoms. The van der Waals surface area contributed by atoms with Crippen LogP contribution in [0.3, 0.4) is 0 Å². The minimum Gasteiger partial charge on any atom is -0.467 e. The monoisotopic (exact) mass is 462 g/mol. The maximum Gasteiger partial charge on any atom is 0.191 e. The van der Waals surface area contributed by atoms with Crippen molar-refractivity contribution in [3.8, 4) is 5.75 Å². The Hall–Kier alpha value is -2.14. The number of aliphatic hydroxyl groups is 1. The predicted octanol–water partition coefficient (Wildman–Crippen LogP) is 6.55. The molecule has 0 heterocycles. The van der Waals surface area contributed by atoms with E-state index in [1.165, 1.54) is 55.2 Å². The number of ether oxygens (including phenoxy) is 3. The van der Waals surface area contributed by atoms with Crippen LogP contribution in [0.5, 0.6) is 5.75 Å². The zero-order valence-corrected chi connectivity index (χ0v) is 20.8. The topological polar surface area (TPSA) is 47.9 Å². The molecule has 4 bridgehead atoms. The van der Waals surface area contributed by atoms with E-state index < -0.39 is 0 Å². The Morgan fingerprint density at radius 2 is 1.68 bits per heavy atom. The van der Waals surface area contributed by atoms with Crippen LogP contribution in [0.2, 0.25) is 0 Å². The molecule has 0 radical (unpaired) electrons. The zero-order chi connectivity index (χ0) is 23.7. The normalized spacial score (nSPS) is 28.8. The molecular formula is C30H38O4. The molecule has 4 saturated carbocycles. The molecule has 1 N–H and O–H groups in total. The van der Waals surface area contributed by atoms with Crippen molar-refractivity contribution in [1.29, 1.82) is 0 Å². The third-order valence-corrected chi connectivity index (χ3v) is 8.44. The first-order valence-electron chi connectivity index (χ1n) is 12.8. The predicted molar refractivity (Wildman–Crippen MR) is 135 cm³/mol. The fraction of sp³-hybridized carbons (Fsp3) is 0.533. The second-order valence-corrected chi connectivity index (χ2v) is 10.9. The Labute approximate surface area is 203 Å². The molecule has 0 saturated heterocycles. The lowest BCUT2D eigenvalue weighted by molar-refractivity contribution is -0.150. The quantitative estimate of drug-likeness (QED) is 0.339. The molecule has 182 valence electrons. The van der Waals surface area contributed by atoms with Gasteiger partial charge in [-0.3, -0.25) is 0 Å². The average Bonchev–Trinajstić information content (AvgIpc) is 2.83. The minimum absolute atomic E-state index is 0.0751. The molecule has 34 heavy (non-hydrogen) atoms. The number of aliphatic hydroxyl groups excluding tert-OH is 1. The molecule has 2 aromatic carbocycles. The van der Waals surface area contributed by atoms with E-state index in [0.717, 1.165) is 34.6 Å². The summed E-state index contributed by atoms with van der Waals surface area (Å²) in [4.78, 5) is 0. The Bertz CT molecular complexity index is 987. The second kappa shape index (κ2) is 9.85. The summed E-state index contributed by atoms with van der Waals surface area (Å²) in [7, 11) is 1.65. The van der Waals surface area contributed by atoms with Crippen LogP contribution in [0, 0.1) is 17.8 Å². The minimum atomic E-state index is -0.287. The summed E-state index contributed by atoms with van der Waals surface area (Å²) in [5.41, 5.74) is 6.17. The van der Waals surface area contributed by atoms with Crippen LogP contribution in [0.15, 0.2) is 42.5 Å². The first-order valence-corrected chi connectivity index (χ1v) is 12.8. The maximum absolute atomic E-state index is 9.32. The molecular weight excluding hydrogens is 424 g/mol. The van der Waals surface area contributed by atoms with E-state index in [4.69, 9.17) is 14.2 Å². The number of methoxy groups -OCH3 is 1. The average molecular weight is 463 g/mol. The van der Waals surface area contributed by atoms with Gasteiger partial charge in [0.1, 0.15) is 5.75 Å². The molecule has 0 amide bonds. The molecule has 4 nitrogen and oxygen atoms in total. The van der Waals surface area contributed by atoms with Gasteiger partial charge in [0, 0.05) is 12.7 Å². The van der Waals surface area contributed by atoms with Crippen molar-refractivity contribution in [3.63, 3.8) is 0 Å². The SMILES string of the molecule is COC(C)OCOc1ccc(C(C)=Cc2ccc(CO)cc2)cc1C12CC3CC(CC(C3)C1)C2. The summed E-state index contributed by atoms with van der Waals surface area (Å²) >= 11 is 0. The maximum atomic E-state index is 9.32. The van der Waals surface area contributed by atoms with Crippen molar-refractivity contribution in [2.75, 3.05) is 13.9 Å². The zero-order valence-electron chi connectivity index (χ0n) is 20.8. The van der Waals surface area contributed by atoms with Crippen LogP contribution >= 0.6 is 0 Å². The fourth-order valence-electron chi connectivity index (χ4n) is 7.07. The summed E-state index contributed by atoms with van der Waals surface area (Å²) in [5, 5.41) is 9.32. The van der Waals surface area contributed by atoms with E-state index in [9.17, 15) is 5.11 Å². The van der Waals surface area contributed by atoms with Gasteiger partial charge in [0.05, 0.1) is 6.61 Å². The Balaban J connectivity index is 1.46. The highest BCUT2D eigenvalue weighted by molar-refractivity contribution is 5.81. The standard InChI is InChI=1S/C30H38O4/c1-20(10-22-4-6-23(18-31)7-5-22)27-8-9-29(34-19-33-21(2)32-3)28(14-27)30-15-24-11-25(16-30)13-26(12-24)17-30/h4-10,14,21,24-26,31H,11-13,15-19H2,1-3H3. The molecule has 2 aromatic rings. The van der Waals surface area contributed by atoms with Crippen LogP contribution in [0.4, 0.5) is 0 Å². The second-order valence-electron chi connectivity index (χ2n) is 10.9. The smallest absolute Gasteiger partial charge is 0.191 e. The van der Waals surface area contributed by atoms with E-state index >= 15 is 0 Å². The van der Waals surface area contributed by atoms with E-state index in [0.29, 0.717) is 0 Å². The molecule has 4 aliphatic rings. The number of rotatable bonds is 9. The van der Waals surface area contributed by atoms with Crippen LogP contribution in [0.25, 0.3) is 11.6 Å². The Kier molecular flexibility index (Phi) is 6.83. The number of benzene rings is 2. The number of hydrogen-bond acceptors (Lipinski definition) is 4. The number of hydrogen-bond donors (Lipinski definition) is 1. The van der Waals surface area contributed by atoms with Gasteiger partial charge >= 0.3 is 0 Å². The van der Waals surface area contributed by atoms with Gasteiger partial charge in [-0.05, 0) is 110 Å². The van der Waals surface area contributed by atoms with Gasteiger partial charge in [-0.15, -0.1) is 0 Å². The van der Waals surface area contributed by atoms with Gasteiger partial charge in [-0.2, -0.15) is 0 Å². The van der Waals surface area contributed by atoms with E-state index in [1.807, 2.05) is 19.1 Å². The van der Waals surface area contributed by atoms with Crippen LogP contribution < -0.4 is 4.74 Å². The van der Waals surface area contributed by atoms with Crippen molar-refractivity contribution in [1.82, 2.24) is 0 Å². The summed E-state index contributed by atoms with van der Waals surface area (Å²) in [6.45, 7) is 4.34. The van der Waals surface area contributed by atoms with Crippen molar-refractivity contribution in [2.24, 2.45) is 17.8 Å². The van der Waals surface area contributed by atoms with Crippen molar-refractivity contribution < 1.29 is 19.3 Å². The Morgan fingerprint density at radius 1 is 1.03 bits per heavy atom.